The Labute approximate surface area is 80.9 Å². The second-order valence-corrected chi connectivity index (χ2v) is 3.22. The van der Waals surface area contributed by atoms with Crippen LogP contribution in [0.1, 0.15) is 0 Å². The molecule has 0 aliphatic heterocycles. The molecule has 0 aliphatic carbocycles. The highest BCUT2D eigenvalue weighted by Gasteiger charge is 1.90. The number of benzene rings is 1. The standard InChI is InChI=1S/C8H6N2S2/c11-7-3-5-6(4-8(7)12)10-2-1-9-5/h1-4,11-12H/p-2. The van der Waals surface area contributed by atoms with E-state index in [4.69, 9.17) is 25.3 Å². The molecule has 12 heavy (non-hydrogen) atoms. The van der Waals surface area contributed by atoms with Crippen molar-refractivity contribution in [2.75, 3.05) is 0 Å². The van der Waals surface area contributed by atoms with Crippen LogP contribution < -0.4 is 0 Å². The van der Waals surface area contributed by atoms with Gasteiger partial charge in [0.2, 0.25) is 0 Å². The van der Waals surface area contributed by atoms with Crippen molar-refractivity contribution in [3.05, 3.63) is 24.5 Å². The molecule has 0 aliphatic rings. The molecule has 0 unspecified atom stereocenters. The van der Waals surface area contributed by atoms with Gasteiger partial charge in [0.25, 0.3) is 0 Å². The zero-order valence-electron chi connectivity index (χ0n) is 6.02. The van der Waals surface area contributed by atoms with E-state index in [1.165, 1.54) is 0 Å². The molecule has 1 aromatic heterocycles. The van der Waals surface area contributed by atoms with Crippen molar-refractivity contribution in [1.29, 1.82) is 0 Å². The summed E-state index contributed by atoms with van der Waals surface area (Å²) < 4.78 is 0. The zero-order valence-corrected chi connectivity index (χ0v) is 7.65. The summed E-state index contributed by atoms with van der Waals surface area (Å²) in [4.78, 5) is 9.54. The lowest BCUT2D eigenvalue weighted by Gasteiger charge is -2.18. The lowest BCUT2D eigenvalue weighted by Crippen LogP contribution is -1.85. The SMILES string of the molecule is [S-]c1cc2nccnc2cc1[S-]. The third-order valence-electron chi connectivity index (χ3n) is 1.53. The van der Waals surface area contributed by atoms with Crippen molar-refractivity contribution >= 4 is 36.3 Å². The summed E-state index contributed by atoms with van der Waals surface area (Å²) in [6.07, 6.45) is 3.28. The van der Waals surface area contributed by atoms with Crippen LogP contribution >= 0.6 is 0 Å². The van der Waals surface area contributed by atoms with Crippen molar-refractivity contribution in [3.63, 3.8) is 0 Å². The van der Waals surface area contributed by atoms with E-state index in [2.05, 4.69) is 9.97 Å². The number of fused-ring (bicyclic) bond motifs is 1. The first-order valence-electron chi connectivity index (χ1n) is 3.36. The van der Waals surface area contributed by atoms with E-state index in [1.54, 1.807) is 24.5 Å². The van der Waals surface area contributed by atoms with Gasteiger partial charge in [-0.15, -0.1) is 0 Å². The predicted molar refractivity (Wildman–Crippen MR) is 50.8 cm³/mol. The molecular weight excluding hydrogens is 188 g/mol. The second kappa shape index (κ2) is 2.80. The van der Waals surface area contributed by atoms with E-state index in [0.29, 0.717) is 9.79 Å². The smallest absolute Gasteiger partial charge is 0.0870 e. The second-order valence-electron chi connectivity index (χ2n) is 2.34. The molecule has 1 heterocycles. The van der Waals surface area contributed by atoms with Gasteiger partial charge in [-0.3, -0.25) is 9.97 Å². The van der Waals surface area contributed by atoms with Gasteiger partial charge in [0.05, 0.1) is 11.0 Å². The molecule has 0 bridgehead atoms. The van der Waals surface area contributed by atoms with Crippen LogP contribution in [-0.2, 0) is 25.3 Å². The molecule has 2 rings (SSSR count). The number of rotatable bonds is 0. The van der Waals surface area contributed by atoms with E-state index < -0.39 is 0 Å². The minimum absolute atomic E-state index is 0.665. The molecule has 0 radical (unpaired) electrons. The summed E-state index contributed by atoms with van der Waals surface area (Å²) in [5.74, 6) is 0. The minimum Gasteiger partial charge on any atom is -0.781 e. The minimum atomic E-state index is 0.665. The van der Waals surface area contributed by atoms with Gasteiger partial charge in [-0.05, 0) is 0 Å². The average Bonchev–Trinajstić information content (AvgIpc) is 2.07. The van der Waals surface area contributed by atoms with Gasteiger partial charge in [0, 0.05) is 12.4 Å². The zero-order chi connectivity index (χ0) is 8.55. The third-order valence-corrected chi connectivity index (χ3v) is 2.34. The van der Waals surface area contributed by atoms with Crippen LogP contribution in [0.25, 0.3) is 11.0 Å². The lowest BCUT2D eigenvalue weighted by atomic mass is 10.3. The first-order chi connectivity index (χ1) is 5.77. The van der Waals surface area contributed by atoms with Gasteiger partial charge in [0.15, 0.2) is 0 Å². The summed E-state index contributed by atoms with van der Waals surface area (Å²) in [6, 6.07) is 3.56. The molecule has 0 atom stereocenters. The van der Waals surface area contributed by atoms with Crippen molar-refractivity contribution in [2.24, 2.45) is 0 Å². The largest absolute Gasteiger partial charge is 0.781 e. The lowest BCUT2D eigenvalue weighted by molar-refractivity contribution is 1.22. The normalized spacial score (nSPS) is 10.3. The number of nitrogens with zero attached hydrogens (tertiary/aromatic N) is 2. The molecule has 60 valence electrons. The fraction of sp³-hybridized carbons (Fsp3) is 0. The van der Waals surface area contributed by atoms with Crippen molar-refractivity contribution in [1.82, 2.24) is 9.97 Å². The summed E-state index contributed by atoms with van der Waals surface area (Å²) in [6.45, 7) is 0. The Hall–Kier alpha value is -1.00. The molecule has 0 saturated carbocycles. The van der Waals surface area contributed by atoms with E-state index >= 15 is 0 Å². The predicted octanol–water partition coefficient (Wildman–Crippen LogP) is 1.44. The van der Waals surface area contributed by atoms with E-state index in [9.17, 15) is 0 Å². The van der Waals surface area contributed by atoms with Gasteiger partial charge >= 0.3 is 0 Å². The van der Waals surface area contributed by atoms with E-state index in [-0.39, 0.29) is 0 Å². The molecule has 0 fully saturated rings. The van der Waals surface area contributed by atoms with Crippen molar-refractivity contribution in [3.8, 4) is 0 Å². The molecule has 0 amide bonds. The van der Waals surface area contributed by atoms with Gasteiger partial charge in [-0.1, -0.05) is 12.1 Å². The van der Waals surface area contributed by atoms with Crippen LogP contribution in [0.2, 0.25) is 0 Å². The highest BCUT2D eigenvalue weighted by atomic mass is 32.1. The van der Waals surface area contributed by atoms with Crippen molar-refractivity contribution < 1.29 is 0 Å². The molecule has 4 heteroatoms. The van der Waals surface area contributed by atoms with Gasteiger partial charge < -0.3 is 25.3 Å². The molecule has 2 aromatic rings. The monoisotopic (exact) mass is 192 g/mol. The Bertz CT molecular complexity index is 388. The maximum atomic E-state index is 5.01. The summed E-state index contributed by atoms with van der Waals surface area (Å²) in [5.41, 5.74) is 1.60. The maximum absolute atomic E-state index is 5.01. The summed E-state index contributed by atoms with van der Waals surface area (Å²) >= 11 is 10.0. The fourth-order valence-electron chi connectivity index (χ4n) is 0.973. The van der Waals surface area contributed by atoms with Crippen molar-refractivity contribution in [2.45, 2.75) is 9.79 Å². The Morgan fingerprint density at radius 1 is 0.833 bits per heavy atom. The van der Waals surface area contributed by atoms with Crippen LogP contribution in [0.4, 0.5) is 0 Å². The van der Waals surface area contributed by atoms with Gasteiger partial charge in [-0.25, -0.2) is 0 Å². The van der Waals surface area contributed by atoms with Gasteiger partial charge in [-0.2, -0.15) is 9.79 Å². The van der Waals surface area contributed by atoms with Crippen LogP contribution in [0.5, 0.6) is 0 Å². The average molecular weight is 192 g/mol. The highest BCUT2D eigenvalue weighted by Crippen LogP contribution is 2.15. The molecular formula is C8H4N2S2-2. The summed E-state index contributed by atoms with van der Waals surface area (Å²) in [7, 11) is 0. The van der Waals surface area contributed by atoms with E-state index in [1.807, 2.05) is 0 Å². The van der Waals surface area contributed by atoms with E-state index in [0.717, 1.165) is 11.0 Å². The fourth-order valence-corrected chi connectivity index (χ4v) is 1.31. The Balaban J connectivity index is 2.84. The topological polar surface area (TPSA) is 25.8 Å². The van der Waals surface area contributed by atoms with Crippen LogP contribution in [-0.4, -0.2) is 9.97 Å². The van der Waals surface area contributed by atoms with Gasteiger partial charge in [0.1, 0.15) is 0 Å². The molecule has 1 aromatic carbocycles. The van der Waals surface area contributed by atoms with Crippen LogP contribution in [0, 0.1) is 0 Å². The highest BCUT2D eigenvalue weighted by molar-refractivity contribution is 7.62. The Morgan fingerprint density at radius 3 is 1.67 bits per heavy atom. The van der Waals surface area contributed by atoms with Crippen LogP contribution in [0.3, 0.4) is 0 Å². The quantitative estimate of drug-likeness (QED) is 0.590. The van der Waals surface area contributed by atoms with Crippen LogP contribution in [0.15, 0.2) is 34.3 Å². The molecule has 0 saturated heterocycles. The molecule has 0 N–H and O–H groups in total. The summed E-state index contributed by atoms with van der Waals surface area (Å²) in [5, 5.41) is 0. The number of hydrogen-bond acceptors (Lipinski definition) is 4. The first-order valence-corrected chi connectivity index (χ1v) is 4.18. The molecule has 0 spiro atoms. The Kier molecular flexibility index (Phi) is 1.78. The molecule has 2 nitrogen and oxygen atoms in total. The Morgan fingerprint density at radius 2 is 1.25 bits per heavy atom. The third kappa shape index (κ3) is 1.19. The maximum Gasteiger partial charge on any atom is 0.0870 e. The number of aromatic nitrogens is 2. The number of hydrogen-bond donors (Lipinski definition) is 0. The first kappa shape index (κ1) is 7.64.